The molecule has 0 radical (unpaired) electrons. The Balaban J connectivity index is 3.30. The molecule has 0 saturated heterocycles. The van der Waals surface area contributed by atoms with Gasteiger partial charge in [-0.1, -0.05) is 29.5 Å². The molecule has 0 bridgehead atoms. The minimum atomic E-state index is -1.22. The van der Waals surface area contributed by atoms with Gasteiger partial charge in [0.05, 0.1) is 9.95 Å². The molecule has 0 atom stereocenters. The van der Waals surface area contributed by atoms with Crippen LogP contribution in [0.5, 0.6) is 0 Å². The fraction of sp³-hybridized carbons (Fsp3) is 0.273. The summed E-state index contributed by atoms with van der Waals surface area (Å²) in [6, 6.07) is 4.32. The smallest absolute Gasteiger partial charge is 0.286 e. The average Bonchev–Trinajstić information content (AvgIpc) is 2.13. The third kappa shape index (κ3) is 3.23. The van der Waals surface area contributed by atoms with Crippen molar-refractivity contribution in [3.8, 4) is 11.8 Å². The molecule has 1 aromatic rings. The highest BCUT2D eigenvalue weighted by molar-refractivity contribution is 6.32. The Morgan fingerprint density at radius 1 is 1.50 bits per heavy atom. The van der Waals surface area contributed by atoms with Crippen molar-refractivity contribution in [2.75, 3.05) is 0 Å². The number of nitro groups is 1. The van der Waals surface area contributed by atoms with Gasteiger partial charge in [0.15, 0.2) is 0 Å². The number of hydrogen-bond donors (Lipinski definition) is 1. The van der Waals surface area contributed by atoms with E-state index in [9.17, 15) is 15.2 Å². The molecular weight excluding hydrogens is 230 g/mol. The largest absolute Gasteiger partial charge is 0.378 e. The lowest BCUT2D eigenvalue weighted by Crippen LogP contribution is -2.14. The molecule has 0 fully saturated rings. The first-order valence-corrected chi connectivity index (χ1v) is 4.87. The predicted molar refractivity (Wildman–Crippen MR) is 61.3 cm³/mol. The molecule has 1 aromatic carbocycles. The maximum atomic E-state index is 10.7. The van der Waals surface area contributed by atoms with Gasteiger partial charge in [0.1, 0.15) is 11.2 Å². The predicted octanol–water partition coefficient (Wildman–Crippen LogP) is 2.37. The van der Waals surface area contributed by atoms with Crippen molar-refractivity contribution in [2.24, 2.45) is 0 Å². The highest BCUT2D eigenvalue weighted by Gasteiger charge is 2.15. The lowest BCUT2D eigenvalue weighted by molar-refractivity contribution is -0.385. The quantitative estimate of drug-likeness (QED) is 0.465. The van der Waals surface area contributed by atoms with E-state index in [1.807, 2.05) is 0 Å². The molecule has 1 rings (SSSR count). The number of nitrogens with zero attached hydrogens (tertiary/aromatic N) is 1. The zero-order valence-electron chi connectivity index (χ0n) is 8.82. The lowest BCUT2D eigenvalue weighted by atomic mass is 10.1. The third-order valence-corrected chi connectivity index (χ3v) is 2.00. The molecule has 0 aromatic heterocycles. The molecule has 0 saturated carbocycles. The summed E-state index contributed by atoms with van der Waals surface area (Å²) < 4.78 is 0. The Bertz CT molecular complexity index is 480. The average molecular weight is 240 g/mol. The van der Waals surface area contributed by atoms with E-state index in [0.29, 0.717) is 0 Å². The van der Waals surface area contributed by atoms with Crippen LogP contribution in [0.4, 0.5) is 5.69 Å². The normalized spacial score (nSPS) is 10.5. The summed E-state index contributed by atoms with van der Waals surface area (Å²) in [4.78, 5) is 10.2. The third-order valence-electron chi connectivity index (χ3n) is 1.68. The van der Waals surface area contributed by atoms with Crippen LogP contribution in [0.2, 0.25) is 5.02 Å². The summed E-state index contributed by atoms with van der Waals surface area (Å²) in [6.45, 7) is 2.98. The number of halogens is 1. The summed E-state index contributed by atoms with van der Waals surface area (Å²) >= 11 is 5.81. The minimum absolute atomic E-state index is 0.122. The number of nitro benzene ring substituents is 1. The monoisotopic (exact) mass is 239 g/mol. The molecule has 4 nitrogen and oxygen atoms in total. The zero-order valence-corrected chi connectivity index (χ0v) is 9.58. The van der Waals surface area contributed by atoms with Crippen molar-refractivity contribution in [1.29, 1.82) is 0 Å². The van der Waals surface area contributed by atoms with E-state index in [0.717, 1.165) is 0 Å². The Labute approximate surface area is 98.0 Å². The Morgan fingerprint density at radius 3 is 2.62 bits per heavy atom. The molecule has 5 heteroatoms. The van der Waals surface area contributed by atoms with Crippen LogP contribution in [-0.4, -0.2) is 15.6 Å². The summed E-state index contributed by atoms with van der Waals surface area (Å²) in [5.41, 5.74) is -1.26. The molecule has 0 unspecified atom stereocenters. The van der Waals surface area contributed by atoms with Gasteiger partial charge in [-0.2, -0.15) is 0 Å². The van der Waals surface area contributed by atoms with Crippen LogP contribution in [0.1, 0.15) is 19.4 Å². The van der Waals surface area contributed by atoms with Gasteiger partial charge in [-0.15, -0.1) is 0 Å². The topological polar surface area (TPSA) is 63.4 Å². The highest BCUT2D eigenvalue weighted by atomic mass is 35.5. The van der Waals surface area contributed by atoms with Gasteiger partial charge in [-0.3, -0.25) is 10.1 Å². The van der Waals surface area contributed by atoms with Crippen molar-refractivity contribution < 1.29 is 10.0 Å². The van der Waals surface area contributed by atoms with E-state index in [2.05, 4.69) is 11.8 Å². The van der Waals surface area contributed by atoms with E-state index < -0.39 is 10.5 Å². The zero-order chi connectivity index (χ0) is 12.3. The maximum Gasteiger partial charge on any atom is 0.286 e. The van der Waals surface area contributed by atoms with Crippen LogP contribution in [0.15, 0.2) is 18.2 Å². The van der Waals surface area contributed by atoms with Crippen molar-refractivity contribution in [1.82, 2.24) is 0 Å². The van der Waals surface area contributed by atoms with E-state index in [-0.39, 0.29) is 16.3 Å². The first kappa shape index (κ1) is 12.5. The standard InChI is InChI=1S/C11H10ClNO3/c1-11(2,14)7-6-8-9(12)4-3-5-10(8)13(15)16/h3-5,14H,1-2H3. The molecule has 0 aliphatic heterocycles. The van der Waals surface area contributed by atoms with Crippen LogP contribution in [0, 0.1) is 22.0 Å². The first-order valence-electron chi connectivity index (χ1n) is 4.50. The molecule has 84 valence electrons. The Morgan fingerprint density at radius 2 is 2.12 bits per heavy atom. The molecular formula is C11H10ClNO3. The highest BCUT2D eigenvalue weighted by Crippen LogP contribution is 2.25. The fourth-order valence-electron chi connectivity index (χ4n) is 1.00. The fourth-order valence-corrected chi connectivity index (χ4v) is 1.22. The number of hydrogen-bond acceptors (Lipinski definition) is 3. The molecule has 16 heavy (non-hydrogen) atoms. The SMILES string of the molecule is CC(C)(O)C#Cc1c(Cl)cccc1[N+](=O)[O-]. The van der Waals surface area contributed by atoms with Crippen LogP contribution in [-0.2, 0) is 0 Å². The summed E-state index contributed by atoms with van der Waals surface area (Å²) in [5, 5.41) is 20.3. The van der Waals surface area contributed by atoms with Crippen LogP contribution < -0.4 is 0 Å². The summed E-state index contributed by atoms with van der Waals surface area (Å²) in [5.74, 6) is 5.02. The van der Waals surface area contributed by atoms with Crippen molar-refractivity contribution in [3.05, 3.63) is 38.9 Å². The number of benzene rings is 1. The number of aliphatic hydroxyl groups is 1. The lowest BCUT2D eigenvalue weighted by Gasteiger charge is -2.06. The van der Waals surface area contributed by atoms with Gasteiger partial charge in [0.2, 0.25) is 0 Å². The Hall–Kier alpha value is -1.57. The van der Waals surface area contributed by atoms with Crippen LogP contribution in [0.3, 0.4) is 0 Å². The van der Waals surface area contributed by atoms with Gasteiger partial charge in [0.25, 0.3) is 5.69 Å². The summed E-state index contributed by atoms with van der Waals surface area (Å²) in [7, 11) is 0. The van der Waals surface area contributed by atoms with E-state index in [1.165, 1.54) is 32.0 Å². The molecule has 0 aliphatic rings. The van der Waals surface area contributed by atoms with Crippen molar-refractivity contribution in [3.63, 3.8) is 0 Å². The second-order valence-electron chi connectivity index (χ2n) is 3.70. The summed E-state index contributed by atoms with van der Waals surface area (Å²) in [6.07, 6.45) is 0. The van der Waals surface area contributed by atoms with Crippen molar-refractivity contribution >= 4 is 17.3 Å². The van der Waals surface area contributed by atoms with Gasteiger partial charge < -0.3 is 5.11 Å². The second-order valence-corrected chi connectivity index (χ2v) is 4.11. The molecule has 0 aliphatic carbocycles. The van der Waals surface area contributed by atoms with Gasteiger partial charge >= 0.3 is 0 Å². The van der Waals surface area contributed by atoms with Gasteiger partial charge in [0, 0.05) is 6.07 Å². The molecule has 1 N–H and O–H groups in total. The van der Waals surface area contributed by atoms with Crippen LogP contribution in [0.25, 0.3) is 0 Å². The van der Waals surface area contributed by atoms with Gasteiger partial charge in [-0.25, -0.2) is 0 Å². The van der Waals surface area contributed by atoms with E-state index >= 15 is 0 Å². The first-order chi connectivity index (χ1) is 7.31. The number of rotatable bonds is 1. The van der Waals surface area contributed by atoms with Gasteiger partial charge in [-0.05, 0) is 19.9 Å². The van der Waals surface area contributed by atoms with E-state index in [1.54, 1.807) is 0 Å². The molecule has 0 amide bonds. The Kier molecular flexibility index (Phi) is 3.53. The van der Waals surface area contributed by atoms with Crippen LogP contribution >= 0.6 is 11.6 Å². The van der Waals surface area contributed by atoms with Crippen molar-refractivity contribution in [2.45, 2.75) is 19.4 Å². The maximum absolute atomic E-state index is 10.7. The molecule has 0 heterocycles. The second kappa shape index (κ2) is 4.52. The molecule has 0 spiro atoms. The van der Waals surface area contributed by atoms with E-state index in [4.69, 9.17) is 11.6 Å². The minimum Gasteiger partial charge on any atom is -0.378 e.